The van der Waals surface area contributed by atoms with Crippen LogP contribution in [0.1, 0.15) is 56.2 Å². The van der Waals surface area contributed by atoms with Crippen molar-refractivity contribution < 1.29 is 9.59 Å². The molecule has 160 valence electrons. The van der Waals surface area contributed by atoms with Gasteiger partial charge in [-0.15, -0.1) is 0 Å². The Labute approximate surface area is 184 Å². The van der Waals surface area contributed by atoms with Gasteiger partial charge in [-0.3, -0.25) is 9.59 Å². The molecule has 1 aliphatic heterocycles. The van der Waals surface area contributed by atoms with E-state index < -0.39 is 0 Å². The van der Waals surface area contributed by atoms with E-state index >= 15 is 0 Å². The first kappa shape index (κ1) is 21.1. The molecule has 0 spiro atoms. The lowest BCUT2D eigenvalue weighted by molar-refractivity contribution is -0.118. The molecule has 0 fully saturated rings. The third-order valence-electron chi connectivity index (χ3n) is 6.29. The molecule has 4 heteroatoms. The first-order chi connectivity index (χ1) is 14.7. The molecule has 1 amide bonds. The van der Waals surface area contributed by atoms with Crippen molar-refractivity contribution in [3.63, 3.8) is 0 Å². The Kier molecular flexibility index (Phi) is 5.34. The van der Waals surface area contributed by atoms with Gasteiger partial charge in [0, 0.05) is 40.6 Å². The second-order valence-electron chi connectivity index (χ2n) is 9.61. The maximum atomic E-state index is 13.5. The summed E-state index contributed by atoms with van der Waals surface area (Å²) in [7, 11) is 0. The van der Waals surface area contributed by atoms with Crippen LogP contribution in [0, 0.1) is 19.3 Å². The van der Waals surface area contributed by atoms with Crippen LogP contribution >= 0.6 is 0 Å². The second kappa shape index (κ2) is 7.84. The molecule has 31 heavy (non-hydrogen) atoms. The van der Waals surface area contributed by atoms with Crippen molar-refractivity contribution in [3.05, 3.63) is 87.8 Å². The highest BCUT2D eigenvalue weighted by molar-refractivity contribution is 6.10. The lowest BCUT2D eigenvalue weighted by Crippen LogP contribution is -2.39. The third kappa shape index (κ3) is 4.07. The number of ketones is 1. The van der Waals surface area contributed by atoms with Gasteiger partial charge >= 0.3 is 0 Å². The molecule has 0 radical (unpaired) electrons. The summed E-state index contributed by atoms with van der Waals surface area (Å²) in [6, 6.07) is 15.9. The molecule has 1 aliphatic carbocycles. The van der Waals surface area contributed by atoms with Crippen molar-refractivity contribution in [2.75, 3.05) is 5.32 Å². The fourth-order valence-electron chi connectivity index (χ4n) is 4.73. The summed E-state index contributed by atoms with van der Waals surface area (Å²) < 4.78 is 0. The zero-order valence-electron chi connectivity index (χ0n) is 18.9. The average Bonchev–Trinajstić information content (AvgIpc) is 2.68. The van der Waals surface area contributed by atoms with Crippen LogP contribution < -0.4 is 10.6 Å². The number of carbonyl (C=O) groups excluding carboxylic acids is 2. The standard InChI is InChI=1S/C27H30N2O2/c1-16-10-12-19(13-11-16)24-23(26(31)29-20-9-7-6-8-17(20)2)18(3)28-21-14-27(4,5)15-22(30)25(21)24/h6-13,24,28H,14-15H2,1-5H3,(H,29,31)/t24-/m0/s1. The van der Waals surface area contributed by atoms with Crippen molar-refractivity contribution in [1.29, 1.82) is 0 Å². The Balaban J connectivity index is 1.81. The number of benzene rings is 2. The molecule has 0 aromatic heterocycles. The lowest BCUT2D eigenvalue weighted by atomic mass is 9.68. The molecule has 2 aromatic rings. The van der Waals surface area contributed by atoms with Gasteiger partial charge in [-0.2, -0.15) is 0 Å². The maximum absolute atomic E-state index is 13.5. The number of carbonyl (C=O) groups is 2. The Hall–Kier alpha value is -3.14. The molecule has 2 aliphatic rings. The van der Waals surface area contributed by atoms with Gasteiger partial charge in [-0.1, -0.05) is 61.9 Å². The Morgan fingerprint density at radius 3 is 2.35 bits per heavy atom. The minimum Gasteiger partial charge on any atom is -0.362 e. The first-order valence-corrected chi connectivity index (χ1v) is 10.8. The molecule has 0 unspecified atom stereocenters. The van der Waals surface area contributed by atoms with Crippen LogP contribution in [0.4, 0.5) is 5.69 Å². The number of para-hydroxylation sites is 1. The molecule has 1 heterocycles. The molecule has 2 aromatic carbocycles. The zero-order valence-corrected chi connectivity index (χ0v) is 18.9. The predicted octanol–water partition coefficient (Wildman–Crippen LogP) is 5.55. The fraction of sp³-hybridized carbons (Fsp3) is 0.333. The van der Waals surface area contributed by atoms with Crippen LogP contribution in [0.3, 0.4) is 0 Å². The largest absolute Gasteiger partial charge is 0.362 e. The van der Waals surface area contributed by atoms with Crippen LogP contribution in [0.15, 0.2) is 71.1 Å². The van der Waals surface area contributed by atoms with E-state index in [1.54, 1.807) is 0 Å². The predicted molar refractivity (Wildman–Crippen MR) is 125 cm³/mol. The summed E-state index contributed by atoms with van der Waals surface area (Å²) in [5, 5.41) is 6.50. The second-order valence-corrected chi connectivity index (χ2v) is 9.61. The Bertz CT molecular complexity index is 1120. The number of Topliss-reactive ketones (excluding diaryl/α,β-unsaturated/α-hetero) is 1. The molecular weight excluding hydrogens is 384 g/mol. The molecule has 1 atom stereocenters. The van der Waals surface area contributed by atoms with Gasteiger partial charge in [0.2, 0.25) is 0 Å². The summed E-state index contributed by atoms with van der Waals surface area (Å²) in [4.78, 5) is 26.9. The topological polar surface area (TPSA) is 58.2 Å². The van der Waals surface area contributed by atoms with E-state index in [2.05, 4.69) is 24.5 Å². The van der Waals surface area contributed by atoms with Gasteiger partial charge in [0.15, 0.2) is 5.78 Å². The van der Waals surface area contributed by atoms with Crippen LogP contribution in [0.25, 0.3) is 0 Å². The summed E-state index contributed by atoms with van der Waals surface area (Å²) in [5.41, 5.74) is 6.92. The normalized spacial score (nSPS) is 20.3. The van der Waals surface area contributed by atoms with Crippen LogP contribution in [0.2, 0.25) is 0 Å². The highest BCUT2D eigenvalue weighted by atomic mass is 16.2. The van der Waals surface area contributed by atoms with E-state index in [9.17, 15) is 9.59 Å². The van der Waals surface area contributed by atoms with Crippen molar-refractivity contribution in [2.45, 2.75) is 53.4 Å². The van der Waals surface area contributed by atoms with Crippen molar-refractivity contribution >= 4 is 17.4 Å². The van der Waals surface area contributed by atoms with Crippen LogP contribution in [0.5, 0.6) is 0 Å². The summed E-state index contributed by atoms with van der Waals surface area (Å²) in [6.07, 6.45) is 1.28. The number of nitrogens with one attached hydrogen (secondary N) is 2. The molecule has 0 saturated carbocycles. The number of amides is 1. The smallest absolute Gasteiger partial charge is 0.254 e. The van der Waals surface area contributed by atoms with E-state index in [-0.39, 0.29) is 23.0 Å². The van der Waals surface area contributed by atoms with Gasteiger partial charge in [-0.25, -0.2) is 0 Å². The number of anilines is 1. The SMILES string of the molecule is CC1=C(C(=O)Nc2ccccc2C)[C@H](c2ccc(C)cc2)C2=C(CC(C)(C)CC2=O)N1. The first-order valence-electron chi connectivity index (χ1n) is 10.8. The van der Waals surface area contributed by atoms with Crippen LogP contribution in [-0.4, -0.2) is 11.7 Å². The zero-order chi connectivity index (χ0) is 22.3. The molecule has 4 rings (SSSR count). The van der Waals surface area contributed by atoms with Crippen LogP contribution in [-0.2, 0) is 9.59 Å². The van der Waals surface area contributed by atoms with Crippen molar-refractivity contribution in [3.8, 4) is 0 Å². The number of hydrogen-bond acceptors (Lipinski definition) is 3. The summed E-state index contributed by atoms with van der Waals surface area (Å²) >= 11 is 0. The van der Waals surface area contributed by atoms with E-state index in [1.807, 2.05) is 69.3 Å². The van der Waals surface area contributed by atoms with Gasteiger partial charge in [0.25, 0.3) is 5.91 Å². The minimum atomic E-state index is -0.371. The van der Waals surface area contributed by atoms with E-state index in [0.717, 1.165) is 45.8 Å². The Morgan fingerprint density at radius 2 is 1.68 bits per heavy atom. The third-order valence-corrected chi connectivity index (χ3v) is 6.29. The molecule has 0 saturated heterocycles. The molecule has 2 N–H and O–H groups in total. The van der Waals surface area contributed by atoms with Crippen molar-refractivity contribution in [2.24, 2.45) is 5.41 Å². The fourth-order valence-corrected chi connectivity index (χ4v) is 4.73. The minimum absolute atomic E-state index is 0.0953. The van der Waals surface area contributed by atoms with Gasteiger partial charge in [0.05, 0.1) is 0 Å². The number of aryl methyl sites for hydroxylation is 2. The highest BCUT2D eigenvalue weighted by Gasteiger charge is 2.42. The number of dihydropyridines is 1. The molecule has 4 nitrogen and oxygen atoms in total. The average molecular weight is 415 g/mol. The van der Waals surface area contributed by atoms with Gasteiger partial charge in [0.1, 0.15) is 0 Å². The number of rotatable bonds is 3. The number of hydrogen-bond donors (Lipinski definition) is 2. The highest BCUT2D eigenvalue weighted by Crippen LogP contribution is 2.46. The lowest BCUT2D eigenvalue weighted by Gasteiger charge is -2.39. The number of allylic oxidation sites excluding steroid dienone is 3. The van der Waals surface area contributed by atoms with E-state index in [4.69, 9.17) is 0 Å². The van der Waals surface area contributed by atoms with E-state index in [0.29, 0.717) is 12.0 Å². The summed E-state index contributed by atoms with van der Waals surface area (Å²) in [5.74, 6) is -0.420. The monoisotopic (exact) mass is 414 g/mol. The molecular formula is C27H30N2O2. The van der Waals surface area contributed by atoms with Gasteiger partial charge in [-0.05, 0) is 49.8 Å². The molecule has 0 bridgehead atoms. The van der Waals surface area contributed by atoms with Gasteiger partial charge < -0.3 is 10.6 Å². The Morgan fingerprint density at radius 1 is 1.00 bits per heavy atom. The maximum Gasteiger partial charge on any atom is 0.254 e. The quantitative estimate of drug-likeness (QED) is 0.693. The summed E-state index contributed by atoms with van der Waals surface area (Å²) in [6.45, 7) is 10.2. The van der Waals surface area contributed by atoms with Crippen molar-refractivity contribution in [1.82, 2.24) is 5.32 Å². The van der Waals surface area contributed by atoms with E-state index in [1.165, 1.54) is 0 Å².